The number of benzene rings is 2. The van der Waals surface area contributed by atoms with Gasteiger partial charge < -0.3 is 24.3 Å². The number of carbonyl (C=O) groups excluding carboxylic acids is 2. The molecule has 0 aliphatic heterocycles. The molecule has 2 N–H and O–H groups in total. The maximum absolute atomic E-state index is 12.8. The van der Waals surface area contributed by atoms with Crippen molar-refractivity contribution in [2.24, 2.45) is 0 Å². The van der Waals surface area contributed by atoms with Crippen LogP contribution in [0.4, 0.5) is 10.5 Å². The van der Waals surface area contributed by atoms with Gasteiger partial charge in [0.15, 0.2) is 11.5 Å². The van der Waals surface area contributed by atoms with E-state index in [0.29, 0.717) is 45.6 Å². The third-order valence-electron chi connectivity index (χ3n) is 5.78. The van der Waals surface area contributed by atoms with Crippen molar-refractivity contribution in [3.63, 3.8) is 0 Å². The molecule has 0 bridgehead atoms. The van der Waals surface area contributed by atoms with E-state index >= 15 is 0 Å². The van der Waals surface area contributed by atoms with Gasteiger partial charge in [-0.15, -0.1) is 0 Å². The van der Waals surface area contributed by atoms with Crippen molar-refractivity contribution >= 4 is 28.5 Å². The normalized spacial score (nSPS) is 11.2. The summed E-state index contributed by atoms with van der Waals surface area (Å²) in [6.07, 6.45) is 1.63. The molecule has 0 spiro atoms. The van der Waals surface area contributed by atoms with Crippen LogP contribution in [0, 0.1) is 6.92 Å². The molecule has 0 radical (unpaired) electrons. The predicted molar refractivity (Wildman–Crippen MR) is 146 cm³/mol. The summed E-state index contributed by atoms with van der Waals surface area (Å²) in [7, 11) is 4.59. The van der Waals surface area contributed by atoms with E-state index in [4.69, 9.17) is 18.9 Å². The lowest BCUT2D eigenvalue weighted by atomic mass is 10.1. The zero-order valence-corrected chi connectivity index (χ0v) is 22.9. The standard InChI is InChI=1S/C28H31N5O6/c1-16-12-21(33(32-16)28(2,3)4)26(34)31-27(35)30-19-9-8-17(13-23(19)36-5)39-22-10-11-29-20-15-25(38-7)24(37-6)14-18(20)22/h8-15H,1-7H3,(H2,30,31,34,35). The van der Waals surface area contributed by atoms with Crippen LogP contribution in [0.3, 0.4) is 0 Å². The number of nitrogens with one attached hydrogen (secondary N) is 2. The highest BCUT2D eigenvalue weighted by Gasteiger charge is 2.24. The fourth-order valence-corrected chi connectivity index (χ4v) is 4.00. The molecule has 0 unspecified atom stereocenters. The first kappa shape index (κ1) is 27.2. The van der Waals surface area contributed by atoms with E-state index < -0.39 is 17.5 Å². The number of hydrogen-bond acceptors (Lipinski definition) is 8. The summed E-state index contributed by atoms with van der Waals surface area (Å²) in [4.78, 5) is 29.9. The Kier molecular flexibility index (Phi) is 7.61. The Morgan fingerprint density at radius 2 is 1.56 bits per heavy atom. The Morgan fingerprint density at radius 3 is 2.23 bits per heavy atom. The summed E-state index contributed by atoms with van der Waals surface area (Å²) in [6, 6.07) is 11.1. The second-order valence-corrected chi connectivity index (χ2v) is 9.66. The molecule has 4 rings (SSSR count). The quantitative estimate of drug-likeness (QED) is 0.329. The largest absolute Gasteiger partial charge is 0.494 e. The molecule has 0 aliphatic rings. The molecule has 3 amide bonds. The van der Waals surface area contributed by atoms with E-state index in [9.17, 15) is 9.59 Å². The van der Waals surface area contributed by atoms with Gasteiger partial charge in [0.2, 0.25) is 0 Å². The molecule has 2 aromatic heterocycles. The Balaban J connectivity index is 1.52. The summed E-state index contributed by atoms with van der Waals surface area (Å²) < 4.78 is 24.0. The molecule has 0 saturated heterocycles. The number of aryl methyl sites for hydroxylation is 1. The molecule has 11 heteroatoms. The second-order valence-electron chi connectivity index (χ2n) is 9.66. The average molecular weight is 534 g/mol. The number of pyridine rings is 1. The number of nitrogens with zero attached hydrogens (tertiary/aromatic N) is 3. The van der Waals surface area contributed by atoms with E-state index in [1.165, 1.54) is 7.11 Å². The number of fused-ring (bicyclic) bond motifs is 1. The lowest BCUT2D eigenvalue weighted by Crippen LogP contribution is -2.37. The fourth-order valence-electron chi connectivity index (χ4n) is 4.00. The number of urea groups is 1. The topological polar surface area (TPSA) is 126 Å². The van der Waals surface area contributed by atoms with Gasteiger partial charge in [-0.2, -0.15) is 5.10 Å². The van der Waals surface area contributed by atoms with Crippen molar-refractivity contribution in [3.05, 3.63) is 60.0 Å². The van der Waals surface area contributed by atoms with Crippen molar-refractivity contribution in [3.8, 4) is 28.7 Å². The zero-order chi connectivity index (χ0) is 28.3. The van der Waals surface area contributed by atoms with Gasteiger partial charge in [0.05, 0.1) is 43.8 Å². The van der Waals surface area contributed by atoms with Crippen LogP contribution in [0.5, 0.6) is 28.7 Å². The summed E-state index contributed by atoms with van der Waals surface area (Å²) in [5, 5.41) is 10.1. The Hall–Kier alpha value is -4.80. The fraction of sp³-hybridized carbons (Fsp3) is 0.286. The minimum Gasteiger partial charge on any atom is -0.494 e. The Morgan fingerprint density at radius 1 is 0.872 bits per heavy atom. The molecule has 0 saturated carbocycles. The smallest absolute Gasteiger partial charge is 0.326 e. The van der Waals surface area contributed by atoms with Crippen LogP contribution < -0.4 is 29.6 Å². The van der Waals surface area contributed by atoms with Gasteiger partial charge in [-0.05, 0) is 58.0 Å². The van der Waals surface area contributed by atoms with E-state index in [0.717, 1.165) is 5.39 Å². The van der Waals surface area contributed by atoms with Crippen LogP contribution in [0.25, 0.3) is 10.9 Å². The number of ether oxygens (including phenoxy) is 4. The number of carbonyl (C=O) groups is 2. The van der Waals surface area contributed by atoms with Crippen LogP contribution in [0.1, 0.15) is 37.0 Å². The van der Waals surface area contributed by atoms with Crippen molar-refractivity contribution in [1.82, 2.24) is 20.1 Å². The number of hydrogen-bond donors (Lipinski definition) is 2. The second kappa shape index (κ2) is 10.9. The first-order valence-electron chi connectivity index (χ1n) is 12.1. The molecular formula is C28H31N5O6. The summed E-state index contributed by atoms with van der Waals surface area (Å²) in [6.45, 7) is 7.56. The maximum atomic E-state index is 12.8. The van der Waals surface area contributed by atoms with Crippen molar-refractivity contribution < 1.29 is 28.5 Å². The number of methoxy groups -OCH3 is 3. The molecule has 39 heavy (non-hydrogen) atoms. The van der Waals surface area contributed by atoms with Crippen molar-refractivity contribution in [1.29, 1.82) is 0 Å². The highest BCUT2D eigenvalue weighted by molar-refractivity contribution is 6.07. The number of amides is 3. The molecular weight excluding hydrogens is 502 g/mol. The average Bonchev–Trinajstić information content (AvgIpc) is 3.31. The predicted octanol–water partition coefficient (Wildman–Crippen LogP) is 5.27. The van der Waals surface area contributed by atoms with Crippen LogP contribution in [-0.4, -0.2) is 48.0 Å². The SMILES string of the molecule is COc1cc(Oc2ccnc3cc(OC)c(OC)cc23)ccc1NC(=O)NC(=O)c1cc(C)nn1C(C)(C)C. The number of imide groups is 1. The van der Waals surface area contributed by atoms with Gasteiger partial charge in [0.25, 0.3) is 5.91 Å². The number of aromatic nitrogens is 3. The molecule has 11 nitrogen and oxygen atoms in total. The van der Waals surface area contributed by atoms with Crippen LogP contribution in [0.2, 0.25) is 0 Å². The molecule has 0 fully saturated rings. The van der Waals surface area contributed by atoms with E-state index in [1.54, 1.807) is 74.5 Å². The third-order valence-corrected chi connectivity index (χ3v) is 5.78. The van der Waals surface area contributed by atoms with E-state index in [2.05, 4.69) is 20.7 Å². The summed E-state index contributed by atoms with van der Waals surface area (Å²) in [5.74, 6) is 1.86. The van der Waals surface area contributed by atoms with Crippen molar-refractivity contribution in [2.75, 3.05) is 26.6 Å². The Labute approximate surface area is 226 Å². The Bertz CT molecular complexity index is 1540. The first-order chi connectivity index (χ1) is 18.5. The van der Waals surface area contributed by atoms with Gasteiger partial charge in [-0.1, -0.05) is 0 Å². The monoisotopic (exact) mass is 533 g/mol. The summed E-state index contributed by atoms with van der Waals surface area (Å²) in [5.41, 5.74) is 1.53. The van der Waals surface area contributed by atoms with Gasteiger partial charge in [-0.25, -0.2) is 4.79 Å². The highest BCUT2D eigenvalue weighted by Crippen LogP contribution is 2.38. The van der Waals surface area contributed by atoms with Crippen LogP contribution in [0.15, 0.2) is 48.7 Å². The lowest BCUT2D eigenvalue weighted by Gasteiger charge is -2.22. The molecule has 0 atom stereocenters. The molecule has 2 heterocycles. The van der Waals surface area contributed by atoms with Crippen molar-refractivity contribution in [2.45, 2.75) is 33.2 Å². The third kappa shape index (κ3) is 5.87. The van der Waals surface area contributed by atoms with E-state index in [-0.39, 0.29) is 5.69 Å². The number of anilines is 1. The number of rotatable bonds is 7. The minimum absolute atomic E-state index is 0.282. The van der Waals surface area contributed by atoms with Crippen LogP contribution in [-0.2, 0) is 5.54 Å². The molecule has 0 aliphatic carbocycles. The van der Waals surface area contributed by atoms with Gasteiger partial charge >= 0.3 is 6.03 Å². The van der Waals surface area contributed by atoms with Crippen LogP contribution >= 0.6 is 0 Å². The van der Waals surface area contributed by atoms with Gasteiger partial charge in [0, 0.05) is 23.7 Å². The lowest BCUT2D eigenvalue weighted by molar-refractivity contribution is 0.0949. The van der Waals surface area contributed by atoms with Gasteiger partial charge in [0.1, 0.15) is 22.9 Å². The molecule has 204 valence electrons. The minimum atomic E-state index is -0.715. The molecule has 4 aromatic rings. The first-order valence-corrected chi connectivity index (χ1v) is 12.1. The zero-order valence-electron chi connectivity index (χ0n) is 22.9. The highest BCUT2D eigenvalue weighted by atomic mass is 16.5. The maximum Gasteiger partial charge on any atom is 0.326 e. The van der Waals surface area contributed by atoms with E-state index in [1.807, 2.05) is 20.8 Å². The van der Waals surface area contributed by atoms with Gasteiger partial charge in [-0.3, -0.25) is 19.8 Å². The molecule has 2 aromatic carbocycles. The summed E-state index contributed by atoms with van der Waals surface area (Å²) >= 11 is 0.